The number of rotatable bonds is 6. The Kier molecular flexibility index (Phi) is 6.20. The Labute approximate surface area is 171 Å². The van der Waals surface area contributed by atoms with Crippen LogP contribution < -0.4 is 10.3 Å². The molecule has 1 aliphatic rings. The van der Waals surface area contributed by atoms with E-state index >= 15 is 0 Å². The van der Waals surface area contributed by atoms with Crippen molar-refractivity contribution < 1.29 is 4.74 Å². The lowest BCUT2D eigenvalue weighted by Crippen LogP contribution is -2.26. The third-order valence-electron chi connectivity index (χ3n) is 5.52. The molecule has 1 saturated heterocycles. The molecule has 29 heavy (non-hydrogen) atoms. The fourth-order valence-electron chi connectivity index (χ4n) is 3.97. The van der Waals surface area contributed by atoms with Crippen LogP contribution in [0.15, 0.2) is 47.5 Å². The molecule has 0 spiro atoms. The fourth-order valence-corrected chi connectivity index (χ4v) is 3.97. The van der Waals surface area contributed by atoms with Gasteiger partial charge in [-0.15, -0.1) is 0 Å². The van der Waals surface area contributed by atoms with Gasteiger partial charge >= 0.3 is 0 Å². The predicted octanol–water partition coefficient (Wildman–Crippen LogP) is 3.73. The van der Waals surface area contributed by atoms with E-state index in [0.717, 1.165) is 24.4 Å². The number of aryl methyl sites for hydroxylation is 1. The van der Waals surface area contributed by atoms with E-state index in [1.165, 1.54) is 38.8 Å². The zero-order valence-electron chi connectivity index (χ0n) is 17.0. The smallest absolute Gasteiger partial charge is 0.267 e. The molecule has 0 saturated carbocycles. The molecular formula is C23H28N4O2. The van der Waals surface area contributed by atoms with Gasteiger partial charge in [0, 0.05) is 18.9 Å². The highest BCUT2D eigenvalue weighted by molar-refractivity contribution is 5.76. The lowest BCUT2D eigenvalue weighted by atomic mass is 10.2. The van der Waals surface area contributed by atoms with Crippen LogP contribution in [0.3, 0.4) is 0 Å². The average molecular weight is 393 g/mol. The lowest BCUT2D eigenvalue weighted by Gasteiger charge is -2.19. The van der Waals surface area contributed by atoms with Gasteiger partial charge in [0.2, 0.25) is 0 Å². The van der Waals surface area contributed by atoms with Crippen molar-refractivity contribution in [2.75, 3.05) is 26.2 Å². The number of hydrogen-bond acceptors (Lipinski definition) is 5. The summed E-state index contributed by atoms with van der Waals surface area (Å²) in [5, 5.41) is 0.520. The van der Waals surface area contributed by atoms with Crippen molar-refractivity contribution in [3.8, 4) is 11.4 Å². The molecule has 0 amide bonds. The molecule has 1 aliphatic heterocycles. The number of benzene rings is 1. The topological polar surface area (TPSA) is 60.3 Å². The van der Waals surface area contributed by atoms with Crippen molar-refractivity contribution in [2.45, 2.75) is 39.0 Å². The van der Waals surface area contributed by atoms with Crippen LogP contribution in [0.5, 0.6) is 5.75 Å². The number of aromatic nitrogens is 3. The van der Waals surface area contributed by atoms with Crippen molar-refractivity contribution in [1.82, 2.24) is 19.4 Å². The second-order valence-electron chi connectivity index (χ2n) is 7.64. The molecule has 152 valence electrons. The molecule has 6 heteroatoms. The number of nitrogens with zero attached hydrogens (tertiary/aromatic N) is 4. The second kappa shape index (κ2) is 9.18. The molecule has 1 fully saturated rings. The van der Waals surface area contributed by atoms with Crippen molar-refractivity contribution in [2.24, 2.45) is 0 Å². The van der Waals surface area contributed by atoms with E-state index in [2.05, 4.69) is 14.9 Å². The molecule has 0 aliphatic carbocycles. The highest BCUT2D eigenvalue weighted by atomic mass is 16.5. The Morgan fingerprint density at radius 2 is 1.79 bits per heavy atom. The Morgan fingerprint density at radius 1 is 1.03 bits per heavy atom. The van der Waals surface area contributed by atoms with E-state index in [1.807, 2.05) is 31.2 Å². The largest absolute Gasteiger partial charge is 0.494 e. The van der Waals surface area contributed by atoms with E-state index in [4.69, 9.17) is 4.74 Å². The summed E-state index contributed by atoms with van der Waals surface area (Å²) in [6.07, 6.45) is 9.62. The summed E-state index contributed by atoms with van der Waals surface area (Å²) >= 11 is 0. The summed E-state index contributed by atoms with van der Waals surface area (Å²) in [5.41, 5.74) is 1.34. The summed E-state index contributed by atoms with van der Waals surface area (Å²) in [7, 11) is 0. The Morgan fingerprint density at radius 3 is 2.55 bits per heavy atom. The number of likely N-dealkylation sites (tertiary alicyclic amines) is 1. The molecule has 0 N–H and O–H groups in total. The Balaban J connectivity index is 1.39. The Bertz CT molecular complexity index is 1010. The molecular weight excluding hydrogens is 364 g/mol. The van der Waals surface area contributed by atoms with Gasteiger partial charge in [-0.2, -0.15) is 0 Å². The second-order valence-corrected chi connectivity index (χ2v) is 7.64. The van der Waals surface area contributed by atoms with E-state index in [9.17, 15) is 4.79 Å². The van der Waals surface area contributed by atoms with Crippen LogP contribution in [0.2, 0.25) is 0 Å². The number of pyridine rings is 1. The van der Waals surface area contributed by atoms with E-state index < -0.39 is 0 Å². The number of ether oxygens (including phenoxy) is 1. The summed E-state index contributed by atoms with van der Waals surface area (Å²) in [5.74, 6) is 1.48. The van der Waals surface area contributed by atoms with Crippen LogP contribution in [0, 0.1) is 6.92 Å². The average Bonchev–Trinajstić information content (AvgIpc) is 3.01. The van der Waals surface area contributed by atoms with Gasteiger partial charge in [0.1, 0.15) is 11.6 Å². The van der Waals surface area contributed by atoms with Gasteiger partial charge in [0.15, 0.2) is 0 Å². The minimum absolute atomic E-state index is 0.105. The van der Waals surface area contributed by atoms with Gasteiger partial charge in [-0.05, 0) is 69.6 Å². The summed E-state index contributed by atoms with van der Waals surface area (Å²) in [6.45, 7) is 6.09. The fraction of sp³-hybridized carbons (Fsp3) is 0.435. The van der Waals surface area contributed by atoms with Crippen LogP contribution in [0.1, 0.15) is 37.9 Å². The minimum Gasteiger partial charge on any atom is -0.494 e. The maximum Gasteiger partial charge on any atom is 0.267 e. The third-order valence-corrected chi connectivity index (χ3v) is 5.52. The summed E-state index contributed by atoms with van der Waals surface area (Å²) in [4.78, 5) is 24.0. The molecule has 0 radical (unpaired) electrons. The molecule has 4 rings (SSSR count). The Hall–Kier alpha value is -2.73. The monoisotopic (exact) mass is 392 g/mol. The van der Waals surface area contributed by atoms with Crippen molar-refractivity contribution >= 4 is 10.9 Å². The summed E-state index contributed by atoms with van der Waals surface area (Å²) in [6, 6.07) is 9.41. The lowest BCUT2D eigenvalue weighted by molar-refractivity contribution is 0.240. The maximum absolute atomic E-state index is 12.9. The molecule has 3 heterocycles. The van der Waals surface area contributed by atoms with Crippen LogP contribution in [-0.2, 0) is 0 Å². The zero-order valence-corrected chi connectivity index (χ0v) is 17.0. The van der Waals surface area contributed by atoms with Gasteiger partial charge in [-0.25, -0.2) is 4.98 Å². The molecule has 3 aromatic rings. The van der Waals surface area contributed by atoms with Gasteiger partial charge in [-0.3, -0.25) is 14.3 Å². The molecule has 0 atom stereocenters. The van der Waals surface area contributed by atoms with E-state index in [0.29, 0.717) is 23.3 Å². The zero-order chi connectivity index (χ0) is 20.1. The first-order valence-corrected chi connectivity index (χ1v) is 10.5. The molecule has 6 nitrogen and oxygen atoms in total. The van der Waals surface area contributed by atoms with Gasteiger partial charge < -0.3 is 9.64 Å². The van der Waals surface area contributed by atoms with E-state index in [1.54, 1.807) is 23.0 Å². The highest BCUT2D eigenvalue weighted by Crippen LogP contribution is 2.17. The molecule has 0 unspecified atom stereocenters. The van der Waals surface area contributed by atoms with Crippen LogP contribution in [0.25, 0.3) is 16.6 Å². The third kappa shape index (κ3) is 4.65. The molecule has 1 aromatic carbocycles. The first-order valence-electron chi connectivity index (χ1n) is 10.5. The normalized spacial score (nSPS) is 15.3. The summed E-state index contributed by atoms with van der Waals surface area (Å²) < 4.78 is 7.53. The first kappa shape index (κ1) is 19.6. The quantitative estimate of drug-likeness (QED) is 0.598. The highest BCUT2D eigenvalue weighted by Gasteiger charge is 2.11. The van der Waals surface area contributed by atoms with Gasteiger partial charge in [-0.1, -0.05) is 12.8 Å². The maximum atomic E-state index is 12.9. The minimum atomic E-state index is -0.105. The number of fused-ring (bicyclic) bond motifs is 1. The van der Waals surface area contributed by atoms with Crippen LogP contribution >= 0.6 is 0 Å². The van der Waals surface area contributed by atoms with Crippen LogP contribution in [-0.4, -0.2) is 45.7 Å². The van der Waals surface area contributed by atoms with Gasteiger partial charge in [0.25, 0.3) is 5.56 Å². The SMILES string of the molecule is Cc1nc2ccncc2c(=O)n1-c1ccc(OCCCN2CCCCCC2)cc1. The predicted molar refractivity (Wildman–Crippen MR) is 115 cm³/mol. The van der Waals surface area contributed by atoms with Gasteiger partial charge in [0.05, 0.1) is 23.2 Å². The molecule has 0 bridgehead atoms. The van der Waals surface area contributed by atoms with Crippen LogP contribution in [0.4, 0.5) is 0 Å². The number of hydrogen-bond donors (Lipinski definition) is 0. The standard InChI is InChI=1S/C23H28N4O2/c1-18-25-22-11-12-24-17-21(22)23(28)27(18)19-7-9-20(10-8-19)29-16-6-15-26-13-4-2-3-5-14-26/h7-12,17H,2-6,13-16H2,1H3. The first-order chi connectivity index (χ1) is 14.2. The van der Waals surface area contributed by atoms with Crippen molar-refractivity contribution in [3.63, 3.8) is 0 Å². The van der Waals surface area contributed by atoms with Crippen molar-refractivity contribution in [1.29, 1.82) is 0 Å². The van der Waals surface area contributed by atoms with E-state index in [-0.39, 0.29) is 5.56 Å². The van der Waals surface area contributed by atoms with Crippen molar-refractivity contribution in [3.05, 3.63) is 58.9 Å². The molecule has 2 aromatic heterocycles.